The molecule has 0 bridgehead atoms. The van der Waals surface area contributed by atoms with E-state index in [9.17, 15) is 0 Å². The molecule has 0 spiro atoms. The van der Waals surface area contributed by atoms with Crippen molar-refractivity contribution in [2.45, 2.75) is 0 Å². The van der Waals surface area contributed by atoms with Gasteiger partial charge in [-0.2, -0.15) is 8.79 Å². The summed E-state index contributed by atoms with van der Waals surface area (Å²) >= 11 is 0. The van der Waals surface area contributed by atoms with Crippen LogP contribution in [-0.4, -0.2) is 27.3 Å². The molecule has 0 aliphatic heterocycles. The van der Waals surface area contributed by atoms with Gasteiger partial charge in [-0.05, 0) is 0 Å². The van der Waals surface area contributed by atoms with Gasteiger partial charge in [-0.3, -0.25) is 0 Å². The van der Waals surface area contributed by atoms with Crippen molar-refractivity contribution in [1.29, 1.82) is 0 Å². The molecule has 0 saturated heterocycles. The fourth-order valence-corrected chi connectivity index (χ4v) is 0. The van der Waals surface area contributed by atoms with E-state index in [1.54, 1.807) is 0 Å². The van der Waals surface area contributed by atoms with Crippen molar-refractivity contribution >= 4 is 36.1 Å². The van der Waals surface area contributed by atoms with Crippen molar-refractivity contribution < 1.29 is 26.2 Å². The van der Waals surface area contributed by atoms with Crippen LogP contribution in [0, 0.1) is 0 Å². The van der Waals surface area contributed by atoms with Crippen LogP contribution in [0.5, 0.6) is 0 Å². The van der Waals surface area contributed by atoms with E-state index < -0.39 is 0 Å². The predicted molar refractivity (Wildman–Crippen MR) is 28.2 cm³/mol. The van der Waals surface area contributed by atoms with Gasteiger partial charge < -0.3 is 0 Å². The van der Waals surface area contributed by atoms with Crippen LogP contribution in [0.3, 0.4) is 0 Å². The van der Waals surface area contributed by atoms with Crippen LogP contribution in [0.2, 0.25) is 0 Å². The summed E-state index contributed by atoms with van der Waals surface area (Å²) in [5.41, 5.74) is 0. The van der Waals surface area contributed by atoms with Crippen molar-refractivity contribution in [3.05, 3.63) is 0 Å². The predicted octanol–water partition coefficient (Wildman–Crippen LogP) is -1.78. The van der Waals surface area contributed by atoms with Gasteiger partial charge in [0.2, 0.25) is 0 Å². The molecule has 0 aliphatic rings. The Kier molecular flexibility index (Phi) is 81.3. The fraction of sp³-hybridized carbons (Fsp3) is 0. The van der Waals surface area contributed by atoms with Crippen molar-refractivity contribution in [2.75, 3.05) is 0 Å². The minimum Gasteiger partial charge on any atom is -0.159 e. The number of hydrogen-bond acceptors (Lipinski definition) is 0. The summed E-state index contributed by atoms with van der Waals surface area (Å²) < 4.78 is 0. The topological polar surface area (TPSA) is 0 Å². The van der Waals surface area contributed by atoms with Crippen LogP contribution >= 0.6 is 8.79 Å². The van der Waals surface area contributed by atoms with Crippen LogP contribution < -0.4 is 0 Å². The second-order valence-electron chi connectivity index (χ2n) is 0. The van der Waals surface area contributed by atoms with E-state index in [1.165, 1.54) is 9.91 Å². The minimum absolute atomic E-state index is 0. The minimum atomic E-state index is 0. The van der Waals surface area contributed by atoms with Crippen molar-refractivity contribution in [3.63, 3.8) is 0 Å². The molecule has 1 atom stereocenters. The van der Waals surface area contributed by atoms with Gasteiger partial charge in [-0.15, -0.1) is 0 Å². The standard InChI is InChI=1S/Al.H5PSi.Zr.2H/c;1-2;;;/h;1H2,2H3;;;. The van der Waals surface area contributed by atoms with E-state index in [0.29, 0.717) is 0 Å². The van der Waals surface area contributed by atoms with E-state index >= 15 is 0 Å². The third-order valence-corrected chi connectivity index (χ3v) is 0. The molecule has 0 N–H and O–H groups in total. The van der Waals surface area contributed by atoms with Gasteiger partial charge in [0.1, 0.15) is 17.4 Å². The zero-order valence-corrected chi connectivity index (χ0v) is 10.7. The molecule has 1 unspecified atom stereocenters. The second-order valence-corrected chi connectivity index (χ2v) is 0. The monoisotopic (exact) mass is 183 g/mol. The molecule has 0 aromatic rings. The van der Waals surface area contributed by atoms with Crippen LogP contribution in [0.25, 0.3) is 0 Å². The van der Waals surface area contributed by atoms with E-state index in [4.69, 9.17) is 0 Å². The third kappa shape index (κ3) is 8.96. The Bertz CT molecular complexity index is 8.00. The molecule has 0 saturated carbocycles. The number of hydrogen-bond donors (Lipinski definition) is 0. The quantitative estimate of drug-likeness (QED) is 0.309. The first kappa shape index (κ1) is 16.6. The molecule has 4 heteroatoms. The summed E-state index contributed by atoms with van der Waals surface area (Å²) in [6, 6.07) is 0. The van der Waals surface area contributed by atoms with Crippen LogP contribution in [0.4, 0.5) is 0 Å². The average Bonchev–Trinajstić information content (AvgIpc) is 1.00. The smallest absolute Gasteiger partial charge is 0.146 e. The molecular weight excluding hydrogens is 177 g/mol. The average molecular weight is 184 g/mol. The zero-order valence-electron chi connectivity index (χ0n) is 3.08. The molecule has 0 nitrogen and oxygen atoms in total. The Hall–Kier alpha value is 2.06. The maximum Gasteiger partial charge on any atom is 0.146 e. The van der Waals surface area contributed by atoms with Crippen LogP contribution in [-0.2, 0) is 26.2 Å². The largest absolute Gasteiger partial charge is 0.159 e. The van der Waals surface area contributed by atoms with Gasteiger partial charge in [0, 0.05) is 36.1 Å². The Balaban J connectivity index is -0.00000000500. The van der Waals surface area contributed by atoms with Crippen molar-refractivity contribution in [3.8, 4) is 0 Å². The summed E-state index contributed by atoms with van der Waals surface area (Å²) in [6.07, 6.45) is 0. The van der Waals surface area contributed by atoms with Gasteiger partial charge >= 0.3 is 0 Å². The van der Waals surface area contributed by atoms with Gasteiger partial charge in [0.15, 0.2) is 0 Å². The summed E-state index contributed by atoms with van der Waals surface area (Å²) in [4.78, 5) is 0. The van der Waals surface area contributed by atoms with E-state index in [-0.39, 0.29) is 43.6 Å². The molecule has 0 aromatic carbocycles. The van der Waals surface area contributed by atoms with E-state index in [2.05, 4.69) is 8.79 Å². The molecule has 23 valence electrons. The number of rotatable bonds is 0. The molecule has 0 aliphatic carbocycles. The molecule has 1 radical (unpaired) electrons. The Morgan fingerprint density at radius 1 is 1.25 bits per heavy atom. The molecule has 4 heavy (non-hydrogen) atoms. The maximum absolute atomic E-state index is 2.56. The fourth-order valence-electron chi connectivity index (χ4n) is 0. The first-order chi connectivity index (χ1) is 1.00. The molecule has 0 rings (SSSR count). The summed E-state index contributed by atoms with van der Waals surface area (Å²) in [7, 11) is 3.78. The summed E-state index contributed by atoms with van der Waals surface area (Å²) in [5.74, 6) is 0. The van der Waals surface area contributed by atoms with Gasteiger partial charge in [0.25, 0.3) is 0 Å². The van der Waals surface area contributed by atoms with Gasteiger partial charge in [-0.25, -0.2) is 0 Å². The molecule has 0 amide bonds. The van der Waals surface area contributed by atoms with Gasteiger partial charge in [-0.1, -0.05) is 0 Å². The molecule has 0 heterocycles. The summed E-state index contributed by atoms with van der Waals surface area (Å²) in [6.45, 7) is 0. The zero-order chi connectivity index (χ0) is 2.00. The second kappa shape index (κ2) is 19.6. The third-order valence-electron chi connectivity index (χ3n) is 0. The van der Waals surface area contributed by atoms with E-state index in [1.807, 2.05) is 0 Å². The molecule has 0 aromatic heterocycles. The first-order valence-electron chi connectivity index (χ1n) is 0.577. The van der Waals surface area contributed by atoms with Crippen LogP contribution in [0.1, 0.15) is 0 Å². The molecular formula is H7AlPSiZr. The summed E-state index contributed by atoms with van der Waals surface area (Å²) in [5, 5.41) is 0. The van der Waals surface area contributed by atoms with Crippen LogP contribution in [0.15, 0.2) is 0 Å². The van der Waals surface area contributed by atoms with Crippen molar-refractivity contribution in [2.24, 2.45) is 0 Å². The Morgan fingerprint density at radius 3 is 1.25 bits per heavy atom. The maximum atomic E-state index is 2.56. The SMILES string of the molecule is [AlH2].[SiH3]P.[Zr]. The Labute approximate surface area is 61.8 Å². The van der Waals surface area contributed by atoms with Gasteiger partial charge in [0.05, 0.1) is 0 Å². The Morgan fingerprint density at radius 2 is 1.25 bits per heavy atom. The van der Waals surface area contributed by atoms with Crippen molar-refractivity contribution in [1.82, 2.24) is 0 Å². The normalized spacial score (nSPS) is 2.25. The van der Waals surface area contributed by atoms with E-state index in [0.717, 1.165) is 0 Å². The first-order valence-corrected chi connectivity index (χ1v) is 5.20. The molecule has 0 fully saturated rings.